The van der Waals surface area contributed by atoms with Gasteiger partial charge in [0.1, 0.15) is 5.60 Å². The first-order valence-corrected chi connectivity index (χ1v) is 6.09. The third kappa shape index (κ3) is 4.45. The van der Waals surface area contributed by atoms with Crippen LogP contribution in [0, 0.1) is 6.57 Å². The zero-order valence-corrected chi connectivity index (χ0v) is 11.3. The zero-order valence-electron chi connectivity index (χ0n) is 10.5. The monoisotopic (exact) mass is 252 g/mol. The number of nitrogens with zero attached hydrogens (tertiary/aromatic N) is 2. The molecule has 92 valence electrons. The standard InChI is InChI=1S/C12H16N2O2S/c1-12(2,3)16-11(15)14(5)7-10-6-9(13-4)8-17-10/h6,8H,7H2,1-3,5H3. The number of rotatable bonds is 2. The summed E-state index contributed by atoms with van der Waals surface area (Å²) in [4.78, 5) is 17.5. The number of ether oxygens (including phenoxy) is 1. The van der Waals surface area contributed by atoms with Gasteiger partial charge in [-0.1, -0.05) is 0 Å². The van der Waals surface area contributed by atoms with Crippen molar-refractivity contribution in [2.45, 2.75) is 32.9 Å². The van der Waals surface area contributed by atoms with Crippen molar-refractivity contribution in [3.63, 3.8) is 0 Å². The molecule has 0 radical (unpaired) electrons. The molecule has 0 bridgehead atoms. The van der Waals surface area contributed by atoms with Gasteiger partial charge in [0.05, 0.1) is 13.1 Å². The van der Waals surface area contributed by atoms with Crippen LogP contribution in [0.2, 0.25) is 0 Å². The highest BCUT2D eigenvalue weighted by Gasteiger charge is 2.19. The third-order valence-corrected chi connectivity index (χ3v) is 2.78. The maximum atomic E-state index is 11.7. The van der Waals surface area contributed by atoms with Gasteiger partial charge in [-0.05, 0) is 32.2 Å². The van der Waals surface area contributed by atoms with Crippen molar-refractivity contribution in [1.82, 2.24) is 4.90 Å². The number of carbonyl (C=O) groups is 1. The second kappa shape index (κ2) is 5.19. The van der Waals surface area contributed by atoms with Crippen LogP contribution >= 0.6 is 11.3 Å². The first kappa shape index (κ1) is 13.5. The molecule has 0 aromatic carbocycles. The second-order valence-electron chi connectivity index (χ2n) is 4.72. The molecule has 4 nitrogen and oxygen atoms in total. The van der Waals surface area contributed by atoms with E-state index in [0.29, 0.717) is 12.2 Å². The Bertz CT molecular complexity index is 440. The first-order chi connectivity index (χ1) is 7.81. The smallest absolute Gasteiger partial charge is 0.410 e. The summed E-state index contributed by atoms with van der Waals surface area (Å²) < 4.78 is 5.24. The van der Waals surface area contributed by atoms with Gasteiger partial charge in [-0.2, -0.15) is 11.3 Å². The molecule has 0 aliphatic rings. The summed E-state index contributed by atoms with van der Waals surface area (Å²) in [6.07, 6.45) is -0.352. The molecule has 17 heavy (non-hydrogen) atoms. The van der Waals surface area contributed by atoms with Crippen molar-refractivity contribution < 1.29 is 9.53 Å². The lowest BCUT2D eigenvalue weighted by Gasteiger charge is -2.24. The highest BCUT2D eigenvalue weighted by molar-refractivity contribution is 7.10. The molecule has 1 amide bonds. The lowest BCUT2D eigenvalue weighted by atomic mass is 10.2. The summed E-state index contributed by atoms with van der Waals surface area (Å²) in [5.41, 5.74) is 0.130. The van der Waals surface area contributed by atoms with E-state index in [1.54, 1.807) is 18.5 Å². The van der Waals surface area contributed by atoms with E-state index >= 15 is 0 Å². The highest BCUT2D eigenvalue weighted by Crippen LogP contribution is 2.23. The molecule has 0 aliphatic carbocycles. The quantitative estimate of drug-likeness (QED) is 0.753. The SMILES string of the molecule is [C-]#[N+]c1csc(CN(C)C(=O)OC(C)(C)C)c1. The second-order valence-corrected chi connectivity index (χ2v) is 5.72. The van der Waals surface area contributed by atoms with Gasteiger partial charge in [0, 0.05) is 11.9 Å². The summed E-state index contributed by atoms with van der Waals surface area (Å²) >= 11 is 1.47. The molecule has 0 saturated heterocycles. The van der Waals surface area contributed by atoms with E-state index in [1.807, 2.05) is 20.8 Å². The van der Waals surface area contributed by atoms with Gasteiger partial charge < -0.3 is 9.64 Å². The molecule has 0 fully saturated rings. The molecular weight excluding hydrogens is 236 g/mol. The van der Waals surface area contributed by atoms with Gasteiger partial charge >= 0.3 is 6.09 Å². The van der Waals surface area contributed by atoms with Crippen molar-refractivity contribution in [1.29, 1.82) is 0 Å². The van der Waals surface area contributed by atoms with Crippen LogP contribution in [0.25, 0.3) is 4.85 Å². The Morgan fingerprint density at radius 1 is 1.59 bits per heavy atom. The summed E-state index contributed by atoms with van der Waals surface area (Å²) in [7, 11) is 1.69. The van der Waals surface area contributed by atoms with Crippen LogP contribution in [0.15, 0.2) is 11.4 Å². The summed E-state index contributed by atoms with van der Waals surface area (Å²) in [6, 6.07) is 1.79. The topological polar surface area (TPSA) is 33.9 Å². The van der Waals surface area contributed by atoms with Gasteiger partial charge in [0.2, 0.25) is 0 Å². The van der Waals surface area contributed by atoms with Crippen LogP contribution < -0.4 is 0 Å². The Kier molecular flexibility index (Phi) is 4.13. The van der Waals surface area contributed by atoms with E-state index < -0.39 is 5.60 Å². The number of hydrogen-bond acceptors (Lipinski definition) is 3. The average molecular weight is 252 g/mol. The lowest BCUT2D eigenvalue weighted by Crippen LogP contribution is -2.33. The van der Waals surface area contributed by atoms with Gasteiger partial charge in [0.25, 0.3) is 0 Å². The molecule has 0 N–H and O–H groups in total. The molecule has 5 heteroatoms. The van der Waals surface area contributed by atoms with E-state index in [1.165, 1.54) is 16.2 Å². The minimum Gasteiger partial charge on any atom is -0.444 e. The normalized spacial score (nSPS) is 10.8. The summed E-state index contributed by atoms with van der Waals surface area (Å²) in [5.74, 6) is 0. The maximum Gasteiger partial charge on any atom is 0.410 e. The van der Waals surface area contributed by atoms with E-state index in [9.17, 15) is 4.79 Å². The van der Waals surface area contributed by atoms with Crippen LogP contribution in [-0.4, -0.2) is 23.6 Å². The van der Waals surface area contributed by atoms with E-state index in [4.69, 9.17) is 11.3 Å². The van der Waals surface area contributed by atoms with Crippen LogP contribution in [0.5, 0.6) is 0 Å². The van der Waals surface area contributed by atoms with Crippen LogP contribution in [0.3, 0.4) is 0 Å². The van der Waals surface area contributed by atoms with Crippen LogP contribution in [0.4, 0.5) is 10.5 Å². The fraction of sp³-hybridized carbons (Fsp3) is 0.500. The predicted octanol–water partition coefficient (Wildman–Crippen LogP) is 3.67. The third-order valence-electron chi connectivity index (χ3n) is 1.87. The van der Waals surface area contributed by atoms with Crippen molar-refractivity contribution in [2.24, 2.45) is 0 Å². The first-order valence-electron chi connectivity index (χ1n) is 5.21. The number of thiophene rings is 1. The maximum absolute atomic E-state index is 11.7. The Morgan fingerprint density at radius 3 is 2.71 bits per heavy atom. The van der Waals surface area contributed by atoms with Crippen LogP contribution in [-0.2, 0) is 11.3 Å². The molecule has 0 spiro atoms. The van der Waals surface area contributed by atoms with E-state index in [2.05, 4.69) is 4.85 Å². The van der Waals surface area contributed by atoms with Gasteiger partial charge in [-0.15, -0.1) is 0 Å². The van der Waals surface area contributed by atoms with Crippen molar-refractivity contribution in [3.05, 3.63) is 27.7 Å². The van der Waals surface area contributed by atoms with Crippen LogP contribution in [0.1, 0.15) is 25.6 Å². The molecule has 0 unspecified atom stereocenters. The molecule has 1 aromatic heterocycles. The van der Waals surface area contributed by atoms with E-state index in [-0.39, 0.29) is 6.09 Å². The number of amides is 1. The minimum absolute atomic E-state index is 0.352. The number of hydrogen-bond donors (Lipinski definition) is 0. The van der Waals surface area contributed by atoms with Crippen molar-refractivity contribution in [2.75, 3.05) is 7.05 Å². The minimum atomic E-state index is -0.484. The van der Waals surface area contributed by atoms with Gasteiger partial charge in [-0.25, -0.2) is 9.64 Å². The Hall–Kier alpha value is -1.54. The molecule has 0 atom stereocenters. The fourth-order valence-corrected chi connectivity index (χ4v) is 2.00. The highest BCUT2D eigenvalue weighted by atomic mass is 32.1. The van der Waals surface area contributed by atoms with Crippen molar-refractivity contribution >= 4 is 23.1 Å². The Labute approximate surface area is 106 Å². The largest absolute Gasteiger partial charge is 0.444 e. The summed E-state index contributed by atoms with van der Waals surface area (Å²) in [6.45, 7) is 12.8. The number of carbonyl (C=O) groups excluding carboxylic acids is 1. The molecular formula is C12H16N2O2S. The Balaban J connectivity index is 2.57. The average Bonchev–Trinajstić information content (AvgIpc) is 2.62. The molecule has 1 heterocycles. The Morgan fingerprint density at radius 2 is 2.24 bits per heavy atom. The fourth-order valence-electron chi connectivity index (χ4n) is 1.15. The zero-order chi connectivity index (χ0) is 13.1. The molecule has 0 aliphatic heterocycles. The molecule has 0 saturated carbocycles. The van der Waals surface area contributed by atoms with Gasteiger partial charge in [0.15, 0.2) is 5.69 Å². The van der Waals surface area contributed by atoms with E-state index in [0.717, 1.165) is 4.88 Å². The lowest BCUT2D eigenvalue weighted by molar-refractivity contribution is 0.0287. The summed E-state index contributed by atoms with van der Waals surface area (Å²) in [5, 5.41) is 1.78. The van der Waals surface area contributed by atoms with Gasteiger partial charge in [-0.3, -0.25) is 0 Å². The van der Waals surface area contributed by atoms with Crippen molar-refractivity contribution in [3.8, 4) is 0 Å². The molecule has 1 rings (SSSR count). The predicted molar refractivity (Wildman–Crippen MR) is 68.3 cm³/mol. The molecule has 1 aromatic rings.